The lowest BCUT2D eigenvalue weighted by molar-refractivity contribution is 0.525. The van der Waals surface area contributed by atoms with Gasteiger partial charge in [-0.15, -0.1) is 0 Å². The standard InChI is InChI=1S/C12H19O2P/c1-2-3-4-5-6-11-7-9-12(10-8-11)14-15-13/h7-10H,2-6,15H2,1H3. The fraction of sp³-hybridized carbons (Fsp3) is 0.500. The molecular weight excluding hydrogens is 207 g/mol. The van der Waals surface area contributed by atoms with Crippen molar-refractivity contribution >= 4 is 8.69 Å². The zero-order valence-corrected chi connectivity index (χ0v) is 10.4. The van der Waals surface area contributed by atoms with Crippen LogP contribution in [0.25, 0.3) is 0 Å². The maximum Gasteiger partial charge on any atom is 0.225 e. The van der Waals surface area contributed by atoms with Gasteiger partial charge in [-0.2, -0.15) is 0 Å². The van der Waals surface area contributed by atoms with Crippen LogP contribution in [0, 0.1) is 0 Å². The Morgan fingerprint density at radius 2 is 1.87 bits per heavy atom. The summed E-state index contributed by atoms with van der Waals surface area (Å²) in [7, 11) is -1.14. The molecule has 0 radical (unpaired) electrons. The van der Waals surface area contributed by atoms with Gasteiger partial charge in [0.1, 0.15) is 5.75 Å². The van der Waals surface area contributed by atoms with Crippen LogP contribution in [0.1, 0.15) is 38.2 Å². The van der Waals surface area contributed by atoms with Gasteiger partial charge in [0.15, 0.2) is 0 Å². The second-order valence-electron chi connectivity index (χ2n) is 3.67. The van der Waals surface area contributed by atoms with Crippen LogP contribution in [0.15, 0.2) is 24.3 Å². The average molecular weight is 226 g/mol. The average Bonchev–Trinajstić information content (AvgIpc) is 2.27. The summed E-state index contributed by atoms with van der Waals surface area (Å²) in [5, 5.41) is 0. The lowest BCUT2D eigenvalue weighted by atomic mass is 10.1. The van der Waals surface area contributed by atoms with Gasteiger partial charge in [-0.05, 0) is 30.5 Å². The van der Waals surface area contributed by atoms with E-state index in [4.69, 9.17) is 4.52 Å². The second kappa shape index (κ2) is 7.53. The Balaban J connectivity index is 2.32. The van der Waals surface area contributed by atoms with Crippen LogP contribution in [0.4, 0.5) is 0 Å². The Labute approximate surface area is 92.9 Å². The molecule has 0 heterocycles. The molecule has 0 saturated carbocycles. The van der Waals surface area contributed by atoms with Gasteiger partial charge >= 0.3 is 0 Å². The monoisotopic (exact) mass is 226 g/mol. The molecule has 0 amide bonds. The third-order valence-electron chi connectivity index (χ3n) is 2.43. The summed E-state index contributed by atoms with van der Waals surface area (Å²) >= 11 is 0. The molecule has 1 rings (SSSR count). The van der Waals surface area contributed by atoms with E-state index in [1.807, 2.05) is 12.1 Å². The van der Waals surface area contributed by atoms with Crippen LogP contribution in [-0.4, -0.2) is 0 Å². The molecule has 3 heteroatoms. The van der Waals surface area contributed by atoms with Crippen molar-refractivity contribution in [2.75, 3.05) is 0 Å². The van der Waals surface area contributed by atoms with Crippen molar-refractivity contribution in [1.29, 1.82) is 0 Å². The van der Waals surface area contributed by atoms with E-state index in [-0.39, 0.29) is 0 Å². The second-order valence-corrected chi connectivity index (χ2v) is 4.10. The number of hydrogen-bond donors (Lipinski definition) is 0. The molecule has 1 atom stereocenters. The number of benzene rings is 1. The molecule has 15 heavy (non-hydrogen) atoms. The van der Waals surface area contributed by atoms with Crippen molar-refractivity contribution in [2.24, 2.45) is 0 Å². The van der Waals surface area contributed by atoms with Gasteiger partial charge in [0.25, 0.3) is 0 Å². The highest BCUT2D eigenvalue weighted by Crippen LogP contribution is 2.17. The molecule has 0 fully saturated rings. The highest BCUT2D eigenvalue weighted by molar-refractivity contribution is 7.17. The summed E-state index contributed by atoms with van der Waals surface area (Å²) in [6.45, 7) is 2.22. The lowest BCUT2D eigenvalue weighted by Crippen LogP contribution is -1.85. The van der Waals surface area contributed by atoms with Crippen LogP contribution in [0.5, 0.6) is 5.75 Å². The van der Waals surface area contributed by atoms with Crippen LogP contribution in [0.2, 0.25) is 0 Å². The zero-order chi connectivity index (χ0) is 10.9. The molecular formula is C12H19O2P. The Morgan fingerprint density at radius 1 is 1.13 bits per heavy atom. The van der Waals surface area contributed by atoms with Crippen molar-refractivity contribution in [3.05, 3.63) is 29.8 Å². The van der Waals surface area contributed by atoms with E-state index in [1.54, 1.807) is 0 Å². The number of rotatable bonds is 7. The predicted molar refractivity (Wildman–Crippen MR) is 65.3 cm³/mol. The first-order chi connectivity index (χ1) is 7.36. The fourth-order valence-corrected chi connectivity index (χ4v) is 1.81. The van der Waals surface area contributed by atoms with Crippen LogP contribution in [0.3, 0.4) is 0 Å². The topological polar surface area (TPSA) is 26.3 Å². The van der Waals surface area contributed by atoms with Crippen molar-refractivity contribution in [2.45, 2.75) is 39.0 Å². The van der Waals surface area contributed by atoms with E-state index < -0.39 is 8.69 Å². The first-order valence-electron chi connectivity index (χ1n) is 5.56. The minimum Gasteiger partial charge on any atom is -0.447 e. The van der Waals surface area contributed by atoms with Gasteiger partial charge < -0.3 is 4.52 Å². The van der Waals surface area contributed by atoms with Gasteiger partial charge in [0, 0.05) is 0 Å². The van der Waals surface area contributed by atoms with Gasteiger partial charge in [0.2, 0.25) is 8.69 Å². The van der Waals surface area contributed by atoms with Crippen LogP contribution in [-0.2, 0) is 11.0 Å². The van der Waals surface area contributed by atoms with E-state index in [0.717, 1.165) is 6.42 Å². The molecule has 0 bridgehead atoms. The Bertz CT molecular complexity index is 282. The predicted octanol–water partition coefficient (Wildman–Crippen LogP) is 3.86. The van der Waals surface area contributed by atoms with Crippen molar-refractivity contribution < 1.29 is 9.09 Å². The SMILES string of the molecule is CCCCCCc1ccc(O[PH2]=O)cc1. The number of hydrogen-bond acceptors (Lipinski definition) is 2. The van der Waals surface area contributed by atoms with Crippen LogP contribution >= 0.6 is 8.69 Å². The molecule has 84 valence electrons. The van der Waals surface area contributed by atoms with E-state index in [0.29, 0.717) is 5.75 Å². The maximum atomic E-state index is 10.3. The molecule has 0 saturated heterocycles. The molecule has 0 spiro atoms. The quantitative estimate of drug-likeness (QED) is 0.521. The Kier molecular flexibility index (Phi) is 6.18. The Hall–Kier alpha value is -0.750. The summed E-state index contributed by atoms with van der Waals surface area (Å²) in [5.41, 5.74) is 1.33. The molecule has 0 aromatic heterocycles. The van der Waals surface area contributed by atoms with E-state index in [9.17, 15) is 4.57 Å². The van der Waals surface area contributed by atoms with Crippen LogP contribution < -0.4 is 4.52 Å². The zero-order valence-electron chi connectivity index (χ0n) is 9.24. The third-order valence-corrected chi connectivity index (χ3v) is 2.79. The molecule has 0 N–H and O–H groups in total. The van der Waals surface area contributed by atoms with E-state index in [1.165, 1.54) is 31.2 Å². The summed E-state index contributed by atoms with van der Waals surface area (Å²) in [4.78, 5) is 0. The molecule has 1 aromatic carbocycles. The largest absolute Gasteiger partial charge is 0.447 e. The molecule has 0 aliphatic carbocycles. The maximum absolute atomic E-state index is 10.3. The van der Waals surface area contributed by atoms with Gasteiger partial charge in [-0.3, -0.25) is 4.57 Å². The minimum absolute atomic E-state index is 0.706. The number of aryl methyl sites for hydroxylation is 1. The molecule has 1 unspecified atom stereocenters. The smallest absolute Gasteiger partial charge is 0.225 e. The lowest BCUT2D eigenvalue weighted by Gasteiger charge is -2.02. The van der Waals surface area contributed by atoms with Crippen molar-refractivity contribution in [3.63, 3.8) is 0 Å². The first-order valence-corrected chi connectivity index (χ1v) is 6.50. The molecule has 0 aliphatic rings. The summed E-state index contributed by atoms with van der Waals surface area (Å²) in [6, 6.07) is 7.88. The minimum atomic E-state index is -1.14. The van der Waals surface area contributed by atoms with Gasteiger partial charge in [0.05, 0.1) is 0 Å². The van der Waals surface area contributed by atoms with E-state index in [2.05, 4.69) is 19.1 Å². The van der Waals surface area contributed by atoms with E-state index >= 15 is 0 Å². The molecule has 1 aromatic rings. The van der Waals surface area contributed by atoms with Crippen molar-refractivity contribution in [1.82, 2.24) is 0 Å². The number of unbranched alkanes of at least 4 members (excludes halogenated alkanes) is 3. The third kappa shape index (κ3) is 5.03. The highest BCUT2D eigenvalue weighted by Gasteiger charge is 1.95. The highest BCUT2D eigenvalue weighted by atomic mass is 31.1. The normalized spacial score (nSPS) is 11.0. The first kappa shape index (κ1) is 12.3. The summed E-state index contributed by atoms with van der Waals surface area (Å²) < 4.78 is 15.2. The molecule has 0 aliphatic heterocycles. The summed E-state index contributed by atoms with van der Waals surface area (Å²) in [5.74, 6) is 0.706. The summed E-state index contributed by atoms with van der Waals surface area (Å²) in [6.07, 6.45) is 6.28. The molecule has 2 nitrogen and oxygen atoms in total. The van der Waals surface area contributed by atoms with Crippen molar-refractivity contribution in [3.8, 4) is 5.75 Å². The van der Waals surface area contributed by atoms with Gasteiger partial charge in [-0.1, -0.05) is 38.3 Å². The fourth-order valence-electron chi connectivity index (χ4n) is 1.55. The van der Waals surface area contributed by atoms with Gasteiger partial charge in [-0.25, -0.2) is 0 Å². The Morgan fingerprint density at radius 3 is 2.47 bits per heavy atom.